The molecule has 0 atom stereocenters. The standard InChI is InChI=1S/C18H21N/c1-4-13-7-5-8-14-11-15-9-6-10-16(12-19(2)3)18(15)17(13)14/h5-10H,4,11-12H2,1-3H3. The summed E-state index contributed by atoms with van der Waals surface area (Å²) in [6.45, 7) is 3.27. The van der Waals surface area contributed by atoms with Crippen LogP contribution in [0.2, 0.25) is 0 Å². The normalized spacial score (nSPS) is 12.6. The van der Waals surface area contributed by atoms with E-state index in [2.05, 4.69) is 62.3 Å². The predicted molar refractivity (Wildman–Crippen MR) is 81.5 cm³/mol. The number of hydrogen-bond acceptors (Lipinski definition) is 1. The fourth-order valence-electron chi connectivity index (χ4n) is 3.22. The van der Waals surface area contributed by atoms with Crippen LogP contribution in [0.15, 0.2) is 36.4 Å². The van der Waals surface area contributed by atoms with Crippen molar-refractivity contribution in [1.82, 2.24) is 4.90 Å². The van der Waals surface area contributed by atoms with E-state index in [-0.39, 0.29) is 0 Å². The molecule has 2 aromatic rings. The summed E-state index contributed by atoms with van der Waals surface area (Å²) < 4.78 is 0. The molecule has 1 heteroatoms. The highest BCUT2D eigenvalue weighted by molar-refractivity contribution is 5.82. The maximum Gasteiger partial charge on any atom is 0.0233 e. The molecule has 0 unspecified atom stereocenters. The molecule has 1 aliphatic rings. The second-order valence-electron chi connectivity index (χ2n) is 5.67. The molecule has 1 aliphatic carbocycles. The summed E-state index contributed by atoms with van der Waals surface area (Å²) >= 11 is 0. The van der Waals surface area contributed by atoms with Crippen LogP contribution in [0.1, 0.15) is 29.2 Å². The van der Waals surface area contributed by atoms with Gasteiger partial charge < -0.3 is 4.90 Å². The Labute approximate surface area is 115 Å². The van der Waals surface area contributed by atoms with Crippen molar-refractivity contribution in [2.24, 2.45) is 0 Å². The van der Waals surface area contributed by atoms with E-state index in [4.69, 9.17) is 0 Å². The molecule has 0 saturated heterocycles. The summed E-state index contributed by atoms with van der Waals surface area (Å²) in [5.41, 5.74) is 8.96. The first kappa shape index (κ1) is 12.4. The Morgan fingerprint density at radius 3 is 2.05 bits per heavy atom. The van der Waals surface area contributed by atoms with Gasteiger partial charge in [-0.25, -0.2) is 0 Å². The molecule has 0 N–H and O–H groups in total. The molecule has 0 heterocycles. The molecule has 0 fully saturated rings. The first-order valence-electron chi connectivity index (χ1n) is 7.07. The second-order valence-corrected chi connectivity index (χ2v) is 5.67. The van der Waals surface area contributed by atoms with Gasteiger partial charge in [-0.1, -0.05) is 43.3 Å². The fourth-order valence-corrected chi connectivity index (χ4v) is 3.22. The van der Waals surface area contributed by atoms with Gasteiger partial charge in [0.15, 0.2) is 0 Å². The van der Waals surface area contributed by atoms with Crippen LogP contribution < -0.4 is 0 Å². The maximum atomic E-state index is 2.29. The molecule has 2 aromatic carbocycles. The van der Waals surface area contributed by atoms with Crippen LogP contribution in [0.3, 0.4) is 0 Å². The summed E-state index contributed by atoms with van der Waals surface area (Å²) in [7, 11) is 4.28. The monoisotopic (exact) mass is 251 g/mol. The average molecular weight is 251 g/mol. The Hall–Kier alpha value is -1.60. The quantitative estimate of drug-likeness (QED) is 0.683. The highest BCUT2D eigenvalue weighted by atomic mass is 15.0. The number of aryl methyl sites for hydroxylation is 1. The SMILES string of the molecule is CCc1cccc2c1-c1c(cccc1CN(C)C)C2. The van der Waals surface area contributed by atoms with Crippen LogP contribution in [-0.2, 0) is 19.4 Å². The molecule has 0 aliphatic heterocycles. The van der Waals surface area contributed by atoms with Gasteiger partial charge in [-0.2, -0.15) is 0 Å². The molecule has 0 spiro atoms. The van der Waals surface area contributed by atoms with E-state index in [0.717, 1.165) is 19.4 Å². The molecule has 0 radical (unpaired) electrons. The van der Waals surface area contributed by atoms with E-state index in [1.165, 1.54) is 33.4 Å². The number of nitrogens with zero attached hydrogens (tertiary/aromatic N) is 1. The van der Waals surface area contributed by atoms with Crippen LogP contribution in [-0.4, -0.2) is 19.0 Å². The molecule has 19 heavy (non-hydrogen) atoms. The molecule has 98 valence electrons. The molecule has 0 bridgehead atoms. The van der Waals surface area contributed by atoms with Crippen LogP contribution in [0.4, 0.5) is 0 Å². The van der Waals surface area contributed by atoms with Crippen molar-refractivity contribution in [2.45, 2.75) is 26.3 Å². The van der Waals surface area contributed by atoms with Gasteiger partial charge in [-0.3, -0.25) is 0 Å². The second kappa shape index (κ2) is 4.82. The highest BCUT2D eigenvalue weighted by Gasteiger charge is 2.23. The molecular weight excluding hydrogens is 230 g/mol. The molecule has 3 rings (SSSR count). The lowest BCUT2D eigenvalue weighted by molar-refractivity contribution is 0.403. The van der Waals surface area contributed by atoms with Crippen molar-refractivity contribution in [3.05, 3.63) is 58.7 Å². The fraction of sp³-hybridized carbons (Fsp3) is 0.333. The Kier molecular flexibility index (Phi) is 3.16. The van der Waals surface area contributed by atoms with Crippen molar-refractivity contribution in [3.8, 4) is 11.1 Å². The van der Waals surface area contributed by atoms with Crippen LogP contribution in [0, 0.1) is 0 Å². The van der Waals surface area contributed by atoms with E-state index in [0.29, 0.717) is 0 Å². The number of fused-ring (bicyclic) bond motifs is 3. The Balaban J connectivity index is 2.20. The molecule has 1 nitrogen and oxygen atoms in total. The van der Waals surface area contributed by atoms with E-state index >= 15 is 0 Å². The zero-order valence-electron chi connectivity index (χ0n) is 12.0. The van der Waals surface area contributed by atoms with Gasteiger partial charge in [-0.15, -0.1) is 0 Å². The third-order valence-electron chi connectivity index (χ3n) is 3.97. The van der Waals surface area contributed by atoms with Gasteiger partial charge in [-0.05, 0) is 60.3 Å². The number of rotatable bonds is 3. The largest absolute Gasteiger partial charge is 0.305 e. The summed E-state index contributed by atoms with van der Waals surface area (Å²) in [5.74, 6) is 0. The van der Waals surface area contributed by atoms with E-state index in [1.807, 2.05) is 0 Å². The summed E-state index contributed by atoms with van der Waals surface area (Å²) in [4.78, 5) is 2.25. The van der Waals surface area contributed by atoms with Crippen molar-refractivity contribution in [3.63, 3.8) is 0 Å². The number of benzene rings is 2. The first-order chi connectivity index (χ1) is 9.20. The lowest BCUT2D eigenvalue weighted by Gasteiger charge is -2.16. The minimum Gasteiger partial charge on any atom is -0.305 e. The Morgan fingerprint density at radius 2 is 1.47 bits per heavy atom. The minimum atomic E-state index is 1.01. The zero-order valence-corrected chi connectivity index (χ0v) is 12.0. The summed E-state index contributed by atoms with van der Waals surface area (Å²) in [6.07, 6.45) is 2.21. The molecule has 0 saturated carbocycles. The van der Waals surface area contributed by atoms with E-state index in [1.54, 1.807) is 0 Å². The third-order valence-corrected chi connectivity index (χ3v) is 3.97. The molecule has 0 amide bonds. The Bertz CT molecular complexity index is 611. The summed E-state index contributed by atoms with van der Waals surface area (Å²) in [5, 5.41) is 0. The van der Waals surface area contributed by atoms with Gasteiger partial charge in [0.25, 0.3) is 0 Å². The maximum absolute atomic E-state index is 2.29. The lowest BCUT2D eigenvalue weighted by atomic mass is 9.94. The summed E-state index contributed by atoms with van der Waals surface area (Å²) in [6, 6.07) is 13.5. The van der Waals surface area contributed by atoms with Crippen LogP contribution >= 0.6 is 0 Å². The van der Waals surface area contributed by atoms with Gasteiger partial charge in [0.2, 0.25) is 0 Å². The van der Waals surface area contributed by atoms with Crippen molar-refractivity contribution in [1.29, 1.82) is 0 Å². The Morgan fingerprint density at radius 1 is 0.895 bits per heavy atom. The van der Waals surface area contributed by atoms with Gasteiger partial charge in [0.1, 0.15) is 0 Å². The van der Waals surface area contributed by atoms with E-state index < -0.39 is 0 Å². The number of hydrogen-bond donors (Lipinski definition) is 0. The van der Waals surface area contributed by atoms with Gasteiger partial charge >= 0.3 is 0 Å². The smallest absolute Gasteiger partial charge is 0.0233 e. The van der Waals surface area contributed by atoms with E-state index in [9.17, 15) is 0 Å². The van der Waals surface area contributed by atoms with Crippen molar-refractivity contribution in [2.75, 3.05) is 14.1 Å². The van der Waals surface area contributed by atoms with Crippen LogP contribution in [0.5, 0.6) is 0 Å². The predicted octanol–water partition coefficient (Wildman–Crippen LogP) is 3.88. The topological polar surface area (TPSA) is 3.24 Å². The first-order valence-corrected chi connectivity index (χ1v) is 7.07. The highest BCUT2D eigenvalue weighted by Crippen LogP contribution is 2.41. The molecular formula is C18H21N. The minimum absolute atomic E-state index is 1.01. The zero-order chi connectivity index (χ0) is 13.4. The average Bonchev–Trinajstić information content (AvgIpc) is 2.77. The van der Waals surface area contributed by atoms with Crippen molar-refractivity contribution < 1.29 is 0 Å². The van der Waals surface area contributed by atoms with Crippen LogP contribution in [0.25, 0.3) is 11.1 Å². The van der Waals surface area contributed by atoms with Gasteiger partial charge in [0.05, 0.1) is 0 Å². The third kappa shape index (κ3) is 2.08. The van der Waals surface area contributed by atoms with Crippen molar-refractivity contribution >= 4 is 0 Å². The molecule has 0 aromatic heterocycles. The lowest BCUT2D eigenvalue weighted by Crippen LogP contribution is -2.11. The van der Waals surface area contributed by atoms with Gasteiger partial charge in [0, 0.05) is 6.54 Å².